The maximum Gasteiger partial charge on any atom is 0.168 e. The van der Waals surface area contributed by atoms with E-state index in [0.717, 1.165) is 25.3 Å². The van der Waals surface area contributed by atoms with Crippen LogP contribution in [0.4, 0.5) is 8.78 Å². The van der Waals surface area contributed by atoms with Crippen LogP contribution in [0, 0.1) is 11.6 Å². The molecule has 0 unspecified atom stereocenters. The highest BCUT2D eigenvalue weighted by Gasteiger charge is 2.36. The van der Waals surface area contributed by atoms with E-state index in [1.807, 2.05) is 0 Å². The maximum absolute atomic E-state index is 13.4. The summed E-state index contributed by atoms with van der Waals surface area (Å²) < 4.78 is 26.5. The average molecular weight is 254 g/mol. The van der Waals surface area contributed by atoms with Crippen LogP contribution in [0.1, 0.15) is 37.7 Å². The number of hydrogen-bond acceptors (Lipinski definition) is 2. The summed E-state index contributed by atoms with van der Waals surface area (Å²) in [6.07, 6.45) is 3.19. The van der Waals surface area contributed by atoms with Gasteiger partial charge in [-0.2, -0.15) is 0 Å². The highest BCUT2D eigenvalue weighted by molar-refractivity contribution is 5.89. The quantitative estimate of drug-likeness (QED) is 0.900. The van der Waals surface area contributed by atoms with Crippen LogP contribution in [-0.4, -0.2) is 16.5 Å². The van der Waals surface area contributed by atoms with Gasteiger partial charge in [-0.25, -0.2) is 8.78 Å². The summed E-state index contributed by atoms with van der Waals surface area (Å²) in [5.74, 6) is -2.37. The van der Waals surface area contributed by atoms with E-state index in [4.69, 9.17) is 0 Å². The number of carbonyl (C=O) groups is 1. The Bertz CT molecular complexity index is 451. The van der Waals surface area contributed by atoms with Gasteiger partial charge >= 0.3 is 0 Å². The van der Waals surface area contributed by atoms with E-state index in [2.05, 4.69) is 0 Å². The molecule has 18 heavy (non-hydrogen) atoms. The summed E-state index contributed by atoms with van der Waals surface area (Å²) in [6, 6.07) is 3.76. The monoisotopic (exact) mass is 254 g/mol. The fourth-order valence-electron chi connectivity index (χ4n) is 2.44. The van der Waals surface area contributed by atoms with E-state index in [1.165, 1.54) is 12.1 Å². The SMILES string of the molecule is O=C(Cc1cccc(F)c1F)C1(O)CCCCC1. The first-order chi connectivity index (χ1) is 8.53. The summed E-state index contributed by atoms with van der Waals surface area (Å²) >= 11 is 0. The van der Waals surface area contributed by atoms with Gasteiger partial charge in [-0.15, -0.1) is 0 Å². The molecular formula is C14H16F2O2. The molecule has 1 aliphatic rings. The molecule has 0 aliphatic heterocycles. The van der Waals surface area contributed by atoms with E-state index in [0.29, 0.717) is 12.8 Å². The fraction of sp³-hybridized carbons (Fsp3) is 0.500. The predicted molar refractivity (Wildman–Crippen MR) is 63.1 cm³/mol. The lowest BCUT2D eigenvalue weighted by Crippen LogP contribution is -2.41. The van der Waals surface area contributed by atoms with Crippen molar-refractivity contribution in [1.29, 1.82) is 0 Å². The maximum atomic E-state index is 13.4. The Morgan fingerprint density at radius 3 is 2.56 bits per heavy atom. The van der Waals surface area contributed by atoms with Gasteiger partial charge in [0.15, 0.2) is 17.4 Å². The second kappa shape index (κ2) is 5.14. The van der Waals surface area contributed by atoms with Gasteiger partial charge in [0.05, 0.1) is 0 Å². The van der Waals surface area contributed by atoms with Gasteiger partial charge in [0.1, 0.15) is 5.60 Å². The number of benzene rings is 1. The number of rotatable bonds is 3. The van der Waals surface area contributed by atoms with Crippen LogP contribution in [0.3, 0.4) is 0 Å². The first-order valence-corrected chi connectivity index (χ1v) is 6.21. The Kier molecular flexibility index (Phi) is 3.76. The number of carbonyl (C=O) groups excluding carboxylic acids is 1. The first kappa shape index (κ1) is 13.1. The second-order valence-electron chi connectivity index (χ2n) is 4.91. The molecule has 1 saturated carbocycles. The molecule has 1 N–H and O–H groups in total. The van der Waals surface area contributed by atoms with Crippen LogP contribution in [0.2, 0.25) is 0 Å². The Morgan fingerprint density at radius 2 is 1.89 bits per heavy atom. The van der Waals surface area contributed by atoms with E-state index < -0.39 is 23.0 Å². The molecule has 1 aromatic rings. The van der Waals surface area contributed by atoms with Gasteiger partial charge < -0.3 is 5.11 Å². The number of Topliss-reactive ketones (excluding diaryl/α,β-unsaturated/α-hetero) is 1. The standard InChI is InChI=1S/C14H16F2O2/c15-11-6-4-5-10(13(11)16)9-12(17)14(18)7-2-1-3-8-14/h4-6,18H,1-3,7-9H2. The van der Waals surface area contributed by atoms with Crippen molar-refractivity contribution in [1.82, 2.24) is 0 Å². The van der Waals surface area contributed by atoms with Gasteiger partial charge in [0, 0.05) is 6.42 Å². The van der Waals surface area contributed by atoms with Gasteiger partial charge in [-0.05, 0) is 24.5 Å². The molecule has 0 atom stereocenters. The topological polar surface area (TPSA) is 37.3 Å². The molecule has 0 radical (unpaired) electrons. The predicted octanol–water partition coefficient (Wildman–Crippen LogP) is 2.77. The van der Waals surface area contributed by atoms with Gasteiger partial charge in [0.2, 0.25) is 0 Å². The molecule has 0 heterocycles. The Morgan fingerprint density at radius 1 is 1.22 bits per heavy atom. The molecule has 2 rings (SSSR count). The minimum atomic E-state index is -1.35. The van der Waals surface area contributed by atoms with Crippen molar-refractivity contribution in [3.8, 4) is 0 Å². The van der Waals surface area contributed by atoms with Crippen molar-refractivity contribution < 1.29 is 18.7 Å². The second-order valence-corrected chi connectivity index (χ2v) is 4.91. The van der Waals surface area contributed by atoms with E-state index in [-0.39, 0.29) is 12.0 Å². The van der Waals surface area contributed by atoms with Crippen LogP contribution in [-0.2, 0) is 11.2 Å². The number of aliphatic hydroxyl groups is 1. The summed E-state index contributed by atoms with van der Waals surface area (Å²) in [4.78, 5) is 12.0. The number of ketones is 1. The van der Waals surface area contributed by atoms with E-state index >= 15 is 0 Å². The highest BCUT2D eigenvalue weighted by atomic mass is 19.2. The third kappa shape index (κ3) is 2.58. The summed E-state index contributed by atoms with van der Waals surface area (Å²) in [6.45, 7) is 0. The number of halogens is 2. The van der Waals surface area contributed by atoms with Crippen molar-refractivity contribution in [2.24, 2.45) is 0 Å². The number of hydrogen-bond donors (Lipinski definition) is 1. The summed E-state index contributed by atoms with van der Waals surface area (Å²) in [7, 11) is 0. The minimum Gasteiger partial charge on any atom is -0.382 e. The van der Waals surface area contributed by atoms with Gasteiger partial charge in [-0.3, -0.25) is 4.79 Å². The Balaban J connectivity index is 2.13. The van der Waals surface area contributed by atoms with Gasteiger partial charge in [-0.1, -0.05) is 31.4 Å². The molecule has 1 aromatic carbocycles. The van der Waals surface area contributed by atoms with Crippen LogP contribution in [0.25, 0.3) is 0 Å². The molecular weight excluding hydrogens is 238 g/mol. The van der Waals surface area contributed by atoms with Crippen molar-refractivity contribution >= 4 is 5.78 Å². The molecule has 98 valence electrons. The largest absolute Gasteiger partial charge is 0.382 e. The molecule has 2 nitrogen and oxygen atoms in total. The smallest absolute Gasteiger partial charge is 0.168 e. The lowest BCUT2D eigenvalue weighted by Gasteiger charge is -2.30. The Hall–Kier alpha value is -1.29. The zero-order valence-electron chi connectivity index (χ0n) is 10.1. The lowest BCUT2D eigenvalue weighted by molar-refractivity contribution is -0.139. The highest BCUT2D eigenvalue weighted by Crippen LogP contribution is 2.30. The summed E-state index contributed by atoms with van der Waals surface area (Å²) in [5, 5.41) is 10.2. The molecule has 0 amide bonds. The van der Waals surface area contributed by atoms with Crippen LogP contribution in [0.15, 0.2) is 18.2 Å². The van der Waals surface area contributed by atoms with Crippen LogP contribution in [0.5, 0.6) is 0 Å². The van der Waals surface area contributed by atoms with Crippen LogP contribution >= 0.6 is 0 Å². The fourth-order valence-corrected chi connectivity index (χ4v) is 2.44. The zero-order valence-corrected chi connectivity index (χ0v) is 10.1. The third-order valence-corrected chi connectivity index (χ3v) is 3.58. The molecule has 1 fully saturated rings. The Labute approximate surface area is 105 Å². The zero-order chi connectivity index (χ0) is 13.2. The van der Waals surface area contributed by atoms with Crippen LogP contribution < -0.4 is 0 Å². The van der Waals surface area contributed by atoms with Crippen molar-refractivity contribution in [2.75, 3.05) is 0 Å². The lowest BCUT2D eigenvalue weighted by atomic mass is 9.80. The molecule has 0 bridgehead atoms. The summed E-state index contributed by atoms with van der Waals surface area (Å²) in [5.41, 5.74) is -1.34. The van der Waals surface area contributed by atoms with Crippen molar-refractivity contribution in [3.63, 3.8) is 0 Å². The van der Waals surface area contributed by atoms with Crippen molar-refractivity contribution in [3.05, 3.63) is 35.4 Å². The van der Waals surface area contributed by atoms with E-state index in [9.17, 15) is 18.7 Å². The minimum absolute atomic E-state index is 0.0130. The molecule has 4 heteroatoms. The van der Waals surface area contributed by atoms with E-state index in [1.54, 1.807) is 0 Å². The van der Waals surface area contributed by atoms with Gasteiger partial charge in [0.25, 0.3) is 0 Å². The third-order valence-electron chi connectivity index (χ3n) is 3.58. The molecule has 0 saturated heterocycles. The molecule has 0 spiro atoms. The molecule has 0 aromatic heterocycles. The average Bonchev–Trinajstić information content (AvgIpc) is 2.36. The normalized spacial score (nSPS) is 18.6. The van der Waals surface area contributed by atoms with Crippen molar-refractivity contribution in [2.45, 2.75) is 44.1 Å². The molecule has 1 aliphatic carbocycles. The first-order valence-electron chi connectivity index (χ1n) is 6.21.